The molecule has 0 unspecified atom stereocenters. The zero-order chi connectivity index (χ0) is 19.8. The Bertz CT molecular complexity index is 634. The molecule has 1 aromatic carbocycles. The maximum absolute atomic E-state index is 12.1. The van der Waals surface area contributed by atoms with E-state index >= 15 is 0 Å². The normalized spacial score (nSPS) is 22.5. The molecule has 0 aliphatic heterocycles. The molecule has 1 saturated carbocycles. The van der Waals surface area contributed by atoms with Gasteiger partial charge in [-0.3, -0.25) is 4.79 Å². The van der Waals surface area contributed by atoms with Gasteiger partial charge in [-0.25, -0.2) is 4.79 Å². The minimum atomic E-state index is -0.452. The molecule has 0 aromatic heterocycles. The first-order valence-corrected chi connectivity index (χ1v) is 11.0. The van der Waals surface area contributed by atoms with Gasteiger partial charge in [-0.1, -0.05) is 50.9 Å². The number of esters is 2. The summed E-state index contributed by atoms with van der Waals surface area (Å²) in [6.45, 7) is 6.20. The molecule has 1 fully saturated rings. The van der Waals surface area contributed by atoms with Crippen LogP contribution in [0.2, 0.25) is 5.02 Å². The summed E-state index contributed by atoms with van der Waals surface area (Å²) in [5.41, 5.74) is 0. The first-order valence-electron chi connectivity index (χ1n) is 9.59. The Morgan fingerprint density at radius 2 is 1.96 bits per heavy atom. The maximum Gasteiger partial charge on any atom is 0.344 e. The van der Waals surface area contributed by atoms with Gasteiger partial charge in [0.1, 0.15) is 6.10 Å². The summed E-state index contributed by atoms with van der Waals surface area (Å²) < 4.78 is 10.7. The van der Waals surface area contributed by atoms with Crippen molar-refractivity contribution in [1.29, 1.82) is 0 Å². The van der Waals surface area contributed by atoms with Crippen LogP contribution in [-0.2, 0) is 19.1 Å². The number of halogens is 1. The van der Waals surface area contributed by atoms with E-state index in [4.69, 9.17) is 21.1 Å². The third-order valence-electron chi connectivity index (χ3n) is 5.00. The number of hydrogen-bond acceptors (Lipinski definition) is 5. The minimum absolute atomic E-state index is 0.0734. The molecule has 4 nitrogen and oxygen atoms in total. The third-order valence-corrected chi connectivity index (χ3v) is 6.51. The average molecular weight is 413 g/mol. The van der Waals surface area contributed by atoms with E-state index in [9.17, 15) is 9.59 Å². The van der Waals surface area contributed by atoms with E-state index in [1.54, 1.807) is 0 Å². The van der Waals surface area contributed by atoms with Crippen LogP contribution < -0.4 is 0 Å². The second-order valence-corrected chi connectivity index (χ2v) is 9.09. The molecule has 3 atom stereocenters. The van der Waals surface area contributed by atoms with E-state index < -0.39 is 11.9 Å². The van der Waals surface area contributed by atoms with Crippen LogP contribution in [0.15, 0.2) is 29.2 Å². The number of carbonyl (C=O) groups is 2. The Morgan fingerprint density at radius 3 is 2.67 bits per heavy atom. The largest absolute Gasteiger partial charge is 0.460 e. The molecule has 27 heavy (non-hydrogen) atoms. The number of ether oxygens (including phenoxy) is 2. The van der Waals surface area contributed by atoms with Crippen molar-refractivity contribution >= 4 is 35.3 Å². The van der Waals surface area contributed by atoms with Crippen LogP contribution in [0.1, 0.15) is 46.5 Å². The fourth-order valence-corrected chi connectivity index (χ4v) is 4.64. The smallest absolute Gasteiger partial charge is 0.344 e. The molecule has 0 heterocycles. The highest BCUT2D eigenvalue weighted by Gasteiger charge is 2.33. The second kappa shape index (κ2) is 11.0. The zero-order valence-corrected chi connectivity index (χ0v) is 17.9. The summed E-state index contributed by atoms with van der Waals surface area (Å²) in [6, 6.07) is 7.49. The van der Waals surface area contributed by atoms with E-state index in [0.717, 1.165) is 17.7 Å². The van der Waals surface area contributed by atoms with E-state index in [2.05, 4.69) is 20.8 Å². The number of benzene rings is 1. The van der Waals surface area contributed by atoms with Gasteiger partial charge in [-0.05, 0) is 42.7 Å². The molecule has 1 aliphatic rings. The van der Waals surface area contributed by atoms with Gasteiger partial charge in [-0.15, -0.1) is 11.8 Å². The molecule has 0 N–H and O–H groups in total. The van der Waals surface area contributed by atoms with Gasteiger partial charge in [0, 0.05) is 10.6 Å². The standard InChI is InChI=1S/C21H29ClO4S/c1-14(2)16-9-8-15(3)12-18(16)26-21(24)13-25-20(23)10-11-27-19-7-5-4-6-17(19)22/h4-7,14-16,18H,8-13H2,1-3H3/t15-,16-,18+/m0/s1. The van der Waals surface area contributed by atoms with Crippen LogP contribution in [0.3, 0.4) is 0 Å². The summed E-state index contributed by atoms with van der Waals surface area (Å²) >= 11 is 7.57. The molecule has 0 saturated heterocycles. The van der Waals surface area contributed by atoms with Gasteiger partial charge in [-0.2, -0.15) is 0 Å². The molecule has 1 aliphatic carbocycles. The fourth-order valence-electron chi connectivity index (χ4n) is 3.47. The summed E-state index contributed by atoms with van der Waals surface area (Å²) in [5, 5.41) is 0.667. The minimum Gasteiger partial charge on any atom is -0.460 e. The summed E-state index contributed by atoms with van der Waals surface area (Å²) in [5.74, 6) is 1.11. The highest BCUT2D eigenvalue weighted by Crippen LogP contribution is 2.35. The molecular weight excluding hydrogens is 384 g/mol. The predicted octanol–water partition coefficient (Wildman–Crippen LogP) is 5.37. The molecule has 2 rings (SSSR count). The number of thioether (sulfide) groups is 1. The topological polar surface area (TPSA) is 52.6 Å². The van der Waals surface area contributed by atoms with Crippen molar-refractivity contribution in [1.82, 2.24) is 0 Å². The average Bonchev–Trinajstić information content (AvgIpc) is 2.61. The highest BCUT2D eigenvalue weighted by molar-refractivity contribution is 7.99. The van der Waals surface area contributed by atoms with Crippen molar-refractivity contribution in [3.63, 3.8) is 0 Å². The monoisotopic (exact) mass is 412 g/mol. The first kappa shape index (κ1) is 22.1. The Hall–Kier alpha value is -1.20. The fraction of sp³-hybridized carbons (Fsp3) is 0.619. The van der Waals surface area contributed by atoms with Gasteiger partial charge < -0.3 is 9.47 Å². The van der Waals surface area contributed by atoms with Crippen molar-refractivity contribution in [2.75, 3.05) is 12.4 Å². The lowest BCUT2D eigenvalue weighted by molar-refractivity contribution is -0.167. The third kappa shape index (κ3) is 7.38. The number of rotatable bonds is 8. The van der Waals surface area contributed by atoms with Crippen LogP contribution in [0.4, 0.5) is 0 Å². The second-order valence-electron chi connectivity index (χ2n) is 7.54. The van der Waals surface area contributed by atoms with Crippen molar-refractivity contribution in [3.8, 4) is 0 Å². The summed E-state index contributed by atoms with van der Waals surface area (Å²) in [4.78, 5) is 24.9. The molecular formula is C21H29ClO4S. The highest BCUT2D eigenvalue weighted by atomic mass is 35.5. The maximum atomic E-state index is 12.1. The van der Waals surface area contributed by atoms with Crippen molar-refractivity contribution in [3.05, 3.63) is 29.3 Å². The van der Waals surface area contributed by atoms with Crippen molar-refractivity contribution in [2.45, 2.75) is 57.5 Å². The van der Waals surface area contributed by atoms with Crippen molar-refractivity contribution < 1.29 is 19.1 Å². The lowest BCUT2D eigenvalue weighted by Crippen LogP contribution is -2.36. The molecule has 150 valence electrons. The number of carbonyl (C=O) groups excluding carboxylic acids is 2. The van der Waals surface area contributed by atoms with Crippen LogP contribution in [0.5, 0.6) is 0 Å². The predicted molar refractivity (Wildman–Crippen MR) is 109 cm³/mol. The van der Waals surface area contributed by atoms with Crippen LogP contribution in [0.25, 0.3) is 0 Å². The van der Waals surface area contributed by atoms with E-state index in [1.165, 1.54) is 18.2 Å². The zero-order valence-electron chi connectivity index (χ0n) is 16.3. The van der Waals surface area contributed by atoms with E-state index in [-0.39, 0.29) is 19.1 Å². The summed E-state index contributed by atoms with van der Waals surface area (Å²) in [6.07, 6.45) is 3.29. The van der Waals surface area contributed by atoms with E-state index in [0.29, 0.717) is 28.5 Å². The van der Waals surface area contributed by atoms with Gasteiger partial charge in [0.05, 0.1) is 11.4 Å². The van der Waals surface area contributed by atoms with Gasteiger partial charge in [0.2, 0.25) is 0 Å². The van der Waals surface area contributed by atoms with Gasteiger partial charge in [0.25, 0.3) is 0 Å². The SMILES string of the molecule is CC(C)[C@@H]1CC[C@H](C)C[C@H]1OC(=O)COC(=O)CCSc1ccccc1Cl. The lowest BCUT2D eigenvalue weighted by Gasteiger charge is -2.36. The van der Waals surface area contributed by atoms with Crippen LogP contribution in [0, 0.1) is 17.8 Å². The first-order chi connectivity index (χ1) is 12.9. The van der Waals surface area contributed by atoms with Gasteiger partial charge >= 0.3 is 11.9 Å². The summed E-state index contributed by atoms with van der Waals surface area (Å²) in [7, 11) is 0. The molecule has 0 spiro atoms. The van der Waals surface area contributed by atoms with Crippen LogP contribution in [-0.4, -0.2) is 30.4 Å². The molecule has 1 aromatic rings. The van der Waals surface area contributed by atoms with E-state index in [1.807, 2.05) is 24.3 Å². The molecule has 6 heteroatoms. The molecule has 0 amide bonds. The van der Waals surface area contributed by atoms with Crippen LogP contribution >= 0.6 is 23.4 Å². The molecule has 0 bridgehead atoms. The quantitative estimate of drug-likeness (QED) is 0.424. The number of hydrogen-bond donors (Lipinski definition) is 0. The Kier molecular flexibility index (Phi) is 8.97. The van der Waals surface area contributed by atoms with Crippen molar-refractivity contribution in [2.24, 2.45) is 17.8 Å². The van der Waals surface area contributed by atoms with Gasteiger partial charge in [0.15, 0.2) is 6.61 Å². The lowest BCUT2D eigenvalue weighted by atomic mass is 9.75. The Labute approximate surface area is 171 Å². The Morgan fingerprint density at radius 1 is 1.22 bits per heavy atom. The Balaban J connectivity index is 1.69. The molecule has 0 radical (unpaired) electrons.